The highest BCUT2D eigenvalue weighted by molar-refractivity contribution is 6.05. The van der Waals surface area contributed by atoms with Crippen LogP contribution in [0.15, 0.2) is 24.4 Å². The Morgan fingerprint density at radius 2 is 2.16 bits per heavy atom. The zero-order chi connectivity index (χ0) is 13.4. The van der Waals surface area contributed by atoms with Crippen molar-refractivity contribution in [3.63, 3.8) is 0 Å². The molecule has 2 aromatic rings. The van der Waals surface area contributed by atoms with Crippen molar-refractivity contribution in [2.24, 2.45) is 7.05 Å². The van der Waals surface area contributed by atoms with Crippen LogP contribution in [0.4, 0.5) is 11.5 Å². The molecule has 1 aliphatic rings. The number of amides is 1. The number of fused-ring (bicyclic) bond motifs is 1. The summed E-state index contributed by atoms with van der Waals surface area (Å²) in [6, 6.07) is 5.89. The number of nitrogens with one attached hydrogen (secondary N) is 1. The van der Waals surface area contributed by atoms with Crippen molar-refractivity contribution in [2.45, 2.75) is 19.3 Å². The van der Waals surface area contributed by atoms with E-state index in [4.69, 9.17) is 5.73 Å². The molecule has 3 N–H and O–H groups in total. The molecular weight excluding hydrogens is 240 g/mol. The van der Waals surface area contributed by atoms with Crippen LogP contribution in [0.25, 0.3) is 0 Å². The van der Waals surface area contributed by atoms with Crippen molar-refractivity contribution in [1.82, 2.24) is 9.78 Å². The molecule has 0 saturated carbocycles. The fourth-order valence-electron chi connectivity index (χ4n) is 2.50. The molecule has 5 heteroatoms. The number of carbonyl (C=O) groups is 1. The van der Waals surface area contributed by atoms with E-state index in [2.05, 4.69) is 10.4 Å². The van der Waals surface area contributed by atoms with Crippen LogP contribution in [0, 0.1) is 0 Å². The predicted octanol–water partition coefficient (Wildman–Crippen LogP) is 1.74. The van der Waals surface area contributed by atoms with Crippen LogP contribution in [-0.4, -0.2) is 15.7 Å². The van der Waals surface area contributed by atoms with Gasteiger partial charge in [-0.2, -0.15) is 5.10 Å². The van der Waals surface area contributed by atoms with Crippen molar-refractivity contribution in [2.75, 3.05) is 11.1 Å². The lowest BCUT2D eigenvalue weighted by molar-refractivity contribution is 0.102. The van der Waals surface area contributed by atoms with Gasteiger partial charge in [0.15, 0.2) is 5.82 Å². The molecule has 1 amide bonds. The summed E-state index contributed by atoms with van der Waals surface area (Å²) < 4.78 is 1.56. The maximum absolute atomic E-state index is 12.2. The van der Waals surface area contributed by atoms with Crippen molar-refractivity contribution in [1.29, 1.82) is 0 Å². The van der Waals surface area contributed by atoms with Gasteiger partial charge in [0.05, 0.1) is 11.9 Å². The summed E-state index contributed by atoms with van der Waals surface area (Å²) in [5.74, 6) is 0.385. The number of aromatic nitrogens is 2. The minimum absolute atomic E-state index is 0.148. The third kappa shape index (κ3) is 2.07. The van der Waals surface area contributed by atoms with E-state index in [9.17, 15) is 4.79 Å². The summed E-state index contributed by atoms with van der Waals surface area (Å²) in [6.45, 7) is 0. The Bertz CT molecular complexity index is 625. The van der Waals surface area contributed by atoms with Gasteiger partial charge in [-0.15, -0.1) is 0 Å². The molecule has 0 radical (unpaired) electrons. The number of hydrogen-bond donors (Lipinski definition) is 2. The van der Waals surface area contributed by atoms with Gasteiger partial charge in [-0.05, 0) is 42.5 Å². The monoisotopic (exact) mass is 256 g/mol. The standard InChI is InChI=1S/C14H16N4O/c1-18-13(12(15)8-16-18)17-14(19)11-6-5-9-3-2-4-10(9)7-11/h5-8H,2-4,15H2,1H3,(H,17,19). The van der Waals surface area contributed by atoms with E-state index >= 15 is 0 Å². The van der Waals surface area contributed by atoms with E-state index in [0.29, 0.717) is 17.1 Å². The van der Waals surface area contributed by atoms with Crippen LogP contribution in [0.3, 0.4) is 0 Å². The number of nitrogens with zero attached hydrogens (tertiary/aromatic N) is 2. The van der Waals surface area contributed by atoms with Crippen LogP contribution in [0.2, 0.25) is 0 Å². The average Bonchev–Trinajstić information content (AvgIpc) is 2.99. The van der Waals surface area contributed by atoms with Gasteiger partial charge in [0.2, 0.25) is 0 Å². The number of hydrogen-bond acceptors (Lipinski definition) is 3. The first kappa shape index (κ1) is 11.8. The Morgan fingerprint density at radius 3 is 2.89 bits per heavy atom. The molecule has 0 fully saturated rings. The minimum atomic E-state index is -0.148. The Morgan fingerprint density at radius 1 is 1.37 bits per heavy atom. The van der Waals surface area contributed by atoms with Gasteiger partial charge < -0.3 is 11.1 Å². The first-order valence-corrected chi connectivity index (χ1v) is 6.36. The van der Waals surface area contributed by atoms with E-state index in [1.807, 2.05) is 18.2 Å². The summed E-state index contributed by atoms with van der Waals surface area (Å²) in [5, 5.41) is 6.80. The molecule has 98 valence electrons. The molecule has 0 saturated heterocycles. The molecule has 1 aromatic carbocycles. The molecule has 0 unspecified atom stereocenters. The topological polar surface area (TPSA) is 72.9 Å². The van der Waals surface area contributed by atoms with Crippen LogP contribution in [0.5, 0.6) is 0 Å². The van der Waals surface area contributed by atoms with Crippen molar-refractivity contribution in [3.8, 4) is 0 Å². The molecule has 0 spiro atoms. The number of benzene rings is 1. The van der Waals surface area contributed by atoms with Gasteiger partial charge in [0, 0.05) is 12.6 Å². The lowest BCUT2D eigenvalue weighted by atomic mass is 10.1. The Hall–Kier alpha value is -2.30. The van der Waals surface area contributed by atoms with Gasteiger partial charge in [-0.3, -0.25) is 9.48 Å². The third-order valence-corrected chi connectivity index (χ3v) is 3.56. The van der Waals surface area contributed by atoms with E-state index in [-0.39, 0.29) is 5.91 Å². The number of rotatable bonds is 2. The fraction of sp³-hybridized carbons (Fsp3) is 0.286. The van der Waals surface area contributed by atoms with Gasteiger partial charge in [-0.1, -0.05) is 6.07 Å². The quantitative estimate of drug-likeness (QED) is 0.859. The van der Waals surface area contributed by atoms with Crippen molar-refractivity contribution < 1.29 is 4.79 Å². The molecule has 1 heterocycles. The molecule has 3 rings (SSSR count). The maximum atomic E-state index is 12.2. The Labute approximate surface area is 111 Å². The largest absolute Gasteiger partial charge is 0.394 e. The number of aryl methyl sites for hydroxylation is 3. The third-order valence-electron chi connectivity index (χ3n) is 3.56. The summed E-state index contributed by atoms with van der Waals surface area (Å²) in [6.07, 6.45) is 4.88. The lowest BCUT2D eigenvalue weighted by Gasteiger charge is -2.08. The highest BCUT2D eigenvalue weighted by atomic mass is 16.1. The zero-order valence-electron chi connectivity index (χ0n) is 10.8. The highest BCUT2D eigenvalue weighted by Gasteiger charge is 2.15. The molecular formula is C14H16N4O. The van der Waals surface area contributed by atoms with Gasteiger partial charge in [-0.25, -0.2) is 0 Å². The number of carbonyl (C=O) groups excluding carboxylic acids is 1. The summed E-state index contributed by atoms with van der Waals surface area (Å²) in [7, 11) is 1.74. The zero-order valence-corrected chi connectivity index (χ0v) is 10.8. The maximum Gasteiger partial charge on any atom is 0.256 e. The van der Waals surface area contributed by atoms with Gasteiger partial charge in [0.1, 0.15) is 0 Å². The number of nitrogens with two attached hydrogens (primary N) is 1. The van der Waals surface area contributed by atoms with Gasteiger partial charge in [0.25, 0.3) is 5.91 Å². The predicted molar refractivity (Wildman–Crippen MR) is 74.0 cm³/mol. The summed E-state index contributed by atoms with van der Waals surface area (Å²) in [5.41, 5.74) is 9.54. The van der Waals surface area contributed by atoms with Crippen LogP contribution in [0.1, 0.15) is 27.9 Å². The van der Waals surface area contributed by atoms with Crippen molar-refractivity contribution >= 4 is 17.4 Å². The second-order valence-electron chi connectivity index (χ2n) is 4.86. The molecule has 1 aromatic heterocycles. The highest BCUT2D eigenvalue weighted by Crippen LogP contribution is 2.24. The molecule has 0 atom stereocenters. The summed E-state index contributed by atoms with van der Waals surface area (Å²) in [4.78, 5) is 12.2. The van der Waals surface area contributed by atoms with Crippen molar-refractivity contribution in [3.05, 3.63) is 41.1 Å². The Kier molecular flexibility index (Phi) is 2.74. The molecule has 1 aliphatic carbocycles. The normalized spacial score (nSPS) is 13.3. The molecule has 19 heavy (non-hydrogen) atoms. The average molecular weight is 256 g/mol. The SMILES string of the molecule is Cn1ncc(N)c1NC(=O)c1ccc2c(c1)CCC2. The summed E-state index contributed by atoms with van der Waals surface area (Å²) >= 11 is 0. The van der Waals surface area contributed by atoms with E-state index in [1.165, 1.54) is 23.7 Å². The number of anilines is 2. The second-order valence-corrected chi connectivity index (χ2v) is 4.86. The molecule has 5 nitrogen and oxygen atoms in total. The van der Waals surface area contributed by atoms with Gasteiger partial charge >= 0.3 is 0 Å². The molecule has 0 aliphatic heterocycles. The van der Waals surface area contributed by atoms with E-state index in [1.54, 1.807) is 11.7 Å². The second kappa shape index (κ2) is 4.42. The lowest BCUT2D eigenvalue weighted by Crippen LogP contribution is -2.15. The van der Waals surface area contributed by atoms with Crippen LogP contribution >= 0.6 is 0 Å². The smallest absolute Gasteiger partial charge is 0.256 e. The van der Waals surface area contributed by atoms with E-state index in [0.717, 1.165) is 12.8 Å². The first-order chi connectivity index (χ1) is 9.15. The number of nitrogen functional groups attached to an aromatic ring is 1. The van der Waals surface area contributed by atoms with Crippen LogP contribution < -0.4 is 11.1 Å². The van der Waals surface area contributed by atoms with Crippen LogP contribution in [-0.2, 0) is 19.9 Å². The molecule has 0 bridgehead atoms. The fourth-order valence-corrected chi connectivity index (χ4v) is 2.50. The Balaban J connectivity index is 1.85. The minimum Gasteiger partial charge on any atom is -0.394 e. The first-order valence-electron chi connectivity index (χ1n) is 6.36. The van der Waals surface area contributed by atoms with E-state index < -0.39 is 0 Å².